The van der Waals surface area contributed by atoms with Crippen molar-refractivity contribution in [3.8, 4) is 0 Å². The Morgan fingerprint density at radius 2 is 2.05 bits per heavy atom. The predicted molar refractivity (Wildman–Crippen MR) is 57.3 cm³/mol. The van der Waals surface area contributed by atoms with Crippen molar-refractivity contribution in [3.05, 3.63) is 45.8 Å². The molecular weight excluding hydrogens is 264 g/mol. The summed E-state index contributed by atoms with van der Waals surface area (Å²) in [5.41, 5.74) is -1.48. The summed E-state index contributed by atoms with van der Waals surface area (Å²) in [4.78, 5) is 25.0. The number of aromatic amines is 1. The Kier molecular flexibility index (Phi) is 3.14. The molecule has 98 valence electrons. The van der Waals surface area contributed by atoms with Crippen LogP contribution in [-0.4, -0.2) is 26.0 Å². The molecule has 0 atom stereocenters. The van der Waals surface area contributed by atoms with Crippen LogP contribution in [0.5, 0.6) is 0 Å². The first kappa shape index (κ1) is 12.5. The van der Waals surface area contributed by atoms with Crippen molar-refractivity contribution in [2.45, 2.75) is 0 Å². The van der Waals surface area contributed by atoms with E-state index < -0.39 is 33.7 Å². The van der Waals surface area contributed by atoms with Crippen LogP contribution in [0.2, 0.25) is 0 Å². The Morgan fingerprint density at radius 3 is 2.63 bits per heavy atom. The summed E-state index contributed by atoms with van der Waals surface area (Å²) < 4.78 is 26.0. The third-order valence-electron chi connectivity index (χ3n) is 2.13. The first-order valence-electron chi connectivity index (χ1n) is 4.79. The predicted octanol–water partition coefficient (Wildman–Crippen LogP) is 1.24. The van der Waals surface area contributed by atoms with Gasteiger partial charge >= 0.3 is 0 Å². The molecule has 10 heteroatoms. The molecule has 0 saturated carbocycles. The maximum absolute atomic E-state index is 13.0. The molecule has 1 aromatic carbocycles. The number of nitro groups is 1. The number of carbonyl (C=O) groups excluding carboxylic acids is 1. The number of carbonyl (C=O) groups is 1. The maximum atomic E-state index is 13.0. The van der Waals surface area contributed by atoms with Gasteiger partial charge in [0.05, 0.1) is 11.0 Å². The highest BCUT2D eigenvalue weighted by Crippen LogP contribution is 2.22. The van der Waals surface area contributed by atoms with Gasteiger partial charge in [-0.05, 0) is 6.07 Å². The monoisotopic (exact) mass is 269 g/mol. The molecule has 0 unspecified atom stereocenters. The molecule has 2 aromatic rings. The van der Waals surface area contributed by atoms with Gasteiger partial charge in [-0.1, -0.05) is 0 Å². The summed E-state index contributed by atoms with van der Waals surface area (Å²) in [7, 11) is 0. The van der Waals surface area contributed by atoms with E-state index in [0.29, 0.717) is 12.1 Å². The number of aromatic nitrogens is 3. The fourth-order valence-corrected chi connectivity index (χ4v) is 1.31. The topological polar surface area (TPSA) is 114 Å². The van der Waals surface area contributed by atoms with Crippen LogP contribution in [-0.2, 0) is 0 Å². The van der Waals surface area contributed by atoms with Gasteiger partial charge in [0.1, 0.15) is 11.9 Å². The Morgan fingerprint density at radius 1 is 1.37 bits per heavy atom. The normalized spacial score (nSPS) is 10.2. The molecule has 1 heterocycles. The van der Waals surface area contributed by atoms with Gasteiger partial charge in [-0.3, -0.25) is 20.2 Å². The first-order chi connectivity index (χ1) is 8.99. The van der Waals surface area contributed by atoms with Crippen LogP contribution in [0.4, 0.5) is 20.4 Å². The minimum atomic E-state index is -1.41. The highest BCUT2D eigenvalue weighted by molar-refractivity contribution is 6.06. The number of hydrogen-bond acceptors (Lipinski definition) is 5. The molecule has 0 aliphatic carbocycles. The number of nitro benzene ring substituents is 1. The number of anilines is 1. The lowest BCUT2D eigenvalue weighted by molar-refractivity contribution is -0.385. The van der Waals surface area contributed by atoms with Gasteiger partial charge in [0.25, 0.3) is 11.6 Å². The molecule has 19 heavy (non-hydrogen) atoms. The quantitative estimate of drug-likeness (QED) is 0.642. The van der Waals surface area contributed by atoms with Crippen LogP contribution in [0.25, 0.3) is 0 Å². The number of nitrogens with one attached hydrogen (secondary N) is 2. The number of H-pyrrole nitrogens is 1. The Balaban J connectivity index is 2.40. The minimum absolute atomic E-state index is 0.0796. The average molecular weight is 269 g/mol. The first-order valence-corrected chi connectivity index (χ1v) is 4.79. The van der Waals surface area contributed by atoms with Crippen molar-refractivity contribution in [1.29, 1.82) is 0 Å². The van der Waals surface area contributed by atoms with Crippen LogP contribution in [0, 0.1) is 21.7 Å². The van der Waals surface area contributed by atoms with Crippen molar-refractivity contribution < 1.29 is 18.5 Å². The second-order valence-electron chi connectivity index (χ2n) is 3.33. The molecule has 2 N–H and O–H groups in total. The molecule has 1 aromatic heterocycles. The van der Waals surface area contributed by atoms with E-state index in [9.17, 15) is 23.7 Å². The largest absolute Gasteiger partial charge is 0.291 e. The molecule has 2 rings (SSSR count). The second kappa shape index (κ2) is 4.76. The number of benzene rings is 1. The van der Waals surface area contributed by atoms with Gasteiger partial charge in [0.15, 0.2) is 11.6 Å². The van der Waals surface area contributed by atoms with E-state index in [1.807, 2.05) is 0 Å². The van der Waals surface area contributed by atoms with Crippen LogP contribution >= 0.6 is 0 Å². The van der Waals surface area contributed by atoms with E-state index in [1.54, 1.807) is 0 Å². The molecule has 1 amide bonds. The van der Waals surface area contributed by atoms with Gasteiger partial charge < -0.3 is 0 Å². The molecule has 0 fully saturated rings. The van der Waals surface area contributed by atoms with Crippen molar-refractivity contribution in [1.82, 2.24) is 15.2 Å². The zero-order valence-corrected chi connectivity index (χ0v) is 9.05. The zero-order chi connectivity index (χ0) is 14.0. The second-order valence-corrected chi connectivity index (χ2v) is 3.33. The van der Waals surface area contributed by atoms with Crippen LogP contribution in [0.15, 0.2) is 18.5 Å². The SMILES string of the molecule is O=C(Nc1ncn[nH]1)c1cc(F)c(F)cc1[N+](=O)[O-]. The third kappa shape index (κ3) is 2.51. The van der Waals surface area contributed by atoms with Gasteiger partial charge in [0.2, 0.25) is 5.95 Å². The van der Waals surface area contributed by atoms with Crippen molar-refractivity contribution in [2.24, 2.45) is 0 Å². The van der Waals surface area contributed by atoms with Crippen molar-refractivity contribution in [2.75, 3.05) is 5.32 Å². The molecule has 8 nitrogen and oxygen atoms in total. The van der Waals surface area contributed by atoms with E-state index >= 15 is 0 Å². The summed E-state index contributed by atoms with van der Waals surface area (Å²) >= 11 is 0. The number of hydrogen-bond donors (Lipinski definition) is 2. The lowest BCUT2D eigenvalue weighted by Gasteiger charge is -2.03. The summed E-state index contributed by atoms with van der Waals surface area (Å²) in [6, 6.07) is 0.782. The lowest BCUT2D eigenvalue weighted by atomic mass is 10.1. The Hall–Kier alpha value is -2.91. The van der Waals surface area contributed by atoms with Gasteiger partial charge in [0, 0.05) is 0 Å². The number of nitrogens with zero attached hydrogens (tertiary/aromatic N) is 3. The fraction of sp³-hybridized carbons (Fsp3) is 0. The Bertz CT molecular complexity index is 644. The zero-order valence-electron chi connectivity index (χ0n) is 9.05. The van der Waals surface area contributed by atoms with Gasteiger partial charge in [-0.25, -0.2) is 13.9 Å². The summed E-state index contributed by atoms with van der Waals surface area (Å²) in [5, 5.41) is 18.5. The third-order valence-corrected chi connectivity index (χ3v) is 2.13. The van der Waals surface area contributed by atoms with Crippen molar-refractivity contribution >= 4 is 17.5 Å². The van der Waals surface area contributed by atoms with Crippen molar-refractivity contribution in [3.63, 3.8) is 0 Å². The maximum Gasteiger partial charge on any atom is 0.285 e. The number of amides is 1. The molecule has 0 bridgehead atoms. The van der Waals surface area contributed by atoms with Gasteiger partial charge in [-0.15, -0.1) is 0 Å². The summed E-state index contributed by atoms with van der Waals surface area (Å²) in [5.74, 6) is -3.87. The molecule has 0 aliphatic heterocycles. The highest BCUT2D eigenvalue weighted by Gasteiger charge is 2.24. The van der Waals surface area contributed by atoms with Crippen LogP contribution < -0.4 is 5.32 Å². The number of rotatable bonds is 3. The lowest BCUT2D eigenvalue weighted by Crippen LogP contribution is -2.15. The van der Waals surface area contributed by atoms with Gasteiger partial charge in [-0.2, -0.15) is 10.1 Å². The van der Waals surface area contributed by atoms with Crippen LogP contribution in [0.1, 0.15) is 10.4 Å². The summed E-state index contributed by atoms with van der Waals surface area (Å²) in [6.07, 6.45) is 1.09. The molecule has 0 saturated heterocycles. The Labute approximate surface area is 103 Å². The molecule has 0 spiro atoms. The van der Waals surface area contributed by atoms with E-state index in [2.05, 4.69) is 20.5 Å². The molecular formula is C9H5F2N5O3. The highest BCUT2D eigenvalue weighted by atomic mass is 19.2. The smallest absolute Gasteiger partial charge is 0.285 e. The van der Waals surface area contributed by atoms with E-state index in [-0.39, 0.29) is 5.95 Å². The minimum Gasteiger partial charge on any atom is -0.291 e. The number of halogens is 2. The van der Waals surface area contributed by atoms with Crippen LogP contribution in [0.3, 0.4) is 0 Å². The molecule has 0 radical (unpaired) electrons. The standard InChI is InChI=1S/C9H5F2N5O3/c10-5-1-4(7(16(18)19)2-6(5)11)8(17)14-9-12-3-13-15-9/h1-3H,(H2,12,13,14,15,17). The summed E-state index contributed by atoms with van der Waals surface area (Å²) in [6.45, 7) is 0. The van der Waals surface area contributed by atoms with E-state index in [4.69, 9.17) is 0 Å². The average Bonchev–Trinajstić information content (AvgIpc) is 2.84. The van der Waals surface area contributed by atoms with E-state index in [0.717, 1.165) is 6.33 Å². The van der Waals surface area contributed by atoms with E-state index in [1.165, 1.54) is 0 Å². The fourth-order valence-electron chi connectivity index (χ4n) is 1.31. The molecule has 0 aliphatic rings.